The Balaban J connectivity index is 3.58. The average Bonchev–Trinajstić information content (AvgIpc) is 2.77. The molecule has 180 valence electrons. The third-order valence-corrected chi connectivity index (χ3v) is 7.55. The van der Waals surface area contributed by atoms with Crippen molar-refractivity contribution < 1.29 is 0 Å². The lowest BCUT2D eigenvalue weighted by atomic mass is 9.69. The van der Waals surface area contributed by atoms with Crippen LogP contribution in [-0.4, -0.2) is 4.98 Å². The fourth-order valence-corrected chi connectivity index (χ4v) is 5.75. The molecule has 0 saturated carbocycles. The molecule has 1 heterocycles. The van der Waals surface area contributed by atoms with Gasteiger partial charge in [-0.05, 0) is 63.1 Å². The van der Waals surface area contributed by atoms with E-state index >= 15 is 0 Å². The number of aromatic nitrogens is 1. The predicted molar refractivity (Wildman–Crippen MR) is 140 cm³/mol. The van der Waals surface area contributed by atoms with Crippen molar-refractivity contribution in [1.82, 2.24) is 4.98 Å². The normalized spacial score (nSPS) is 12.5. The number of unbranched alkanes of at least 4 members (excludes halogenated alkanes) is 4. The number of aryl methyl sites for hydroxylation is 1. The van der Waals surface area contributed by atoms with Crippen LogP contribution in [0.25, 0.3) is 0 Å². The molecule has 0 bridgehead atoms. The van der Waals surface area contributed by atoms with Crippen molar-refractivity contribution in [3.05, 3.63) is 29.1 Å². The van der Waals surface area contributed by atoms with Crippen molar-refractivity contribution in [2.45, 2.75) is 162 Å². The van der Waals surface area contributed by atoms with Crippen LogP contribution < -0.4 is 0 Å². The molecular formula is C30H55N. The Morgan fingerprint density at radius 1 is 0.516 bits per heavy atom. The Labute approximate surface area is 196 Å². The summed E-state index contributed by atoms with van der Waals surface area (Å²) in [5, 5.41) is 0. The number of nitrogens with zero attached hydrogens (tertiary/aromatic N) is 1. The monoisotopic (exact) mass is 429 g/mol. The SMILES string of the molecule is CCCCC(CCC)(CCCC)c1cc(C)cc(C(CCC)(CCCC)CCCC)n1. The summed E-state index contributed by atoms with van der Waals surface area (Å²) >= 11 is 0. The van der Waals surface area contributed by atoms with Gasteiger partial charge < -0.3 is 0 Å². The van der Waals surface area contributed by atoms with E-state index in [0.717, 1.165) is 0 Å². The second kappa shape index (κ2) is 15.1. The van der Waals surface area contributed by atoms with Crippen LogP contribution in [0, 0.1) is 6.92 Å². The van der Waals surface area contributed by atoms with Crippen molar-refractivity contribution in [2.75, 3.05) is 0 Å². The lowest BCUT2D eigenvalue weighted by Crippen LogP contribution is -2.32. The molecule has 1 nitrogen and oxygen atoms in total. The Morgan fingerprint density at radius 3 is 1.10 bits per heavy atom. The summed E-state index contributed by atoms with van der Waals surface area (Å²) in [5.74, 6) is 0. The van der Waals surface area contributed by atoms with Crippen LogP contribution in [0.2, 0.25) is 0 Å². The Kier molecular flexibility index (Phi) is 13.7. The van der Waals surface area contributed by atoms with E-state index in [1.54, 1.807) is 0 Å². The van der Waals surface area contributed by atoms with Gasteiger partial charge in [0.25, 0.3) is 0 Å². The highest BCUT2D eigenvalue weighted by atomic mass is 14.8. The fourth-order valence-electron chi connectivity index (χ4n) is 5.75. The van der Waals surface area contributed by atoms with E-state index < -0.39 is 0 Å². The summed E-state index contributed by atoms with van der Waals surface area (Å²) in [7, 11) is 0. The zero-order valence-electron chi connectivity index (χ0n) is 22.4. The molecule has 0 saturated heterocycles. The Hall–Kier alpha value is -0.850. The molecule has 0 aliphatic heterocycles. The summed E-state index contributed by atoms with van der Waals surface area (Å²) in [4.78, 5) is 5.63. The van der Waals surface area contributed by atoms with Gasteiger partial charge in [0, 0.05) is 22.2 Å². The molecule has 0 amide bonds. The summed E-state index contributed by atoms with van der Waals surface area (Å²) < 4.78 is 0. The summed E-state index contributed by atoms with van der Waals surface area (Å²) in [5.41, 5.74) is 4.84. The van der Waals surface area contributed by atoms with Gasteiger partial charge in [-0.3, -0.25) is 4.98 Å². The minimum atomic E-state index is 0.273. The number of hydrogen-bond acceptors (Lipinski definition) is 1. The van der Waals surface area contributed by atoms with Gasteiger partial charge in [-0.1, -0.05) is 106 Å². The van der Waals surface area contributed by atoms with E-state index in [1.165, 1.54) is 120 Å². The van der Waals surface area contributed by atoms with Gasteiger partial charge in [0.15, 0.2) is 0 Å². The maximum Gasteiger partial charge on any atom is 0.0471 e. The molecule has 0 aliphatic rings. The Morgan fingerprint density at radius 2 is 0.839 bits per heavy atom. The molecule has 0 aliphatic carbocycles. The maximum absolute atomic E-state index is 5.63. The minimum absolute atomic E-state index is 0.273. The van der Waals surface area contributed by atoms with Gasteiger partial charge in [-0.2, -0.15) is 0 Å². The van der Waals surface area contributed by atoms with E-state index in [9.17, 15) is 0 Å². The molecule has 0 N–H and O–H groups in total. The predicted octanol–water partition coefficient (Wildman–Crippen LogP) is 10.2. The second-order valence-corrected chi connectivity index (χ2v) is 10.4. The molecule has 1 aromatic heterocycles. The first-order valence-electron chi connectivity index (χ1n) is 14.0. The molecule has 0 unspecified atom stereocenters. The topological polar surface area (TPSA) is 12.9 Å². The van der Waals surface area contributed by atoms with E-state index in [4.69, 9.17) is 4.98 Å². The smallest absolute Gasteiger partial charge is 0.0471 e. The first kappa shape index (κ1) is 28.2. The second-order valence-electron chi connectivity index (χ2n) is 10.4. The van der Waals surface area contributed by atoms with Crippen LogP contribution in [0.1, 0.15) is 161 Å². The number of pyridine rings is 1. The third kappa shape index (κ3) is 8.21. The average molecular weight is 430 g/mol. The van der Waals surface area contributed by atoms with Gasteiger partial charge in [0.05, 0.1) is 0 Å². The number of hydrogen-bond donors (Lipinski definition) is 0. The molecule has 0 radical (unpaired) electrons. The van der Waals surface area contributed by atoms with Crippen molar-refractivity contribution in [3.8, 4) is 0 Å². The molecular weight excluding hydrogens is 374 g/mol. The fraction of sp³-hybridized carbons (Fsp3) is 0.833. The first-order valence-corrected chi connectivity index (χ1v) is 14.0. The molecule has 0 atom stereocenters. The maximum atomic E-state index is 5.63. The standard InChI is InChI=1S/C30H55N/c1-8-14-20-29(18-12-5,21-15-9-2)27-24-26(7)25-28(31-27)30(19-13-6,22-16-10-3)23-17-11-4/h24-25H,8-23H2,1-7H3. The highest BCUT2D eigenvalue weighted by Crippen LogP contribution is 2.43. The molecule has 1 aromatic rings. The van der Waals surface area contributed by atoms with Crippen molar-refractivity contribution in [3.63, 3.8) is 0 Å². The van der Waals surface area contributed by atoms with Gasteiger partial charge in [0.2, 0.25) is 0 Å². The van der Waals surface area contributed by atoms with Gasteiger partial charge in [0.1, 0.15) is 0 Å². The zero-order chi connectivity index (χ0) is 23.2. The van der Waals surface area contributed by atoms with Gasteiger partial charge in [-0.15, -0.1) is 0 Å². The molecule has 0 spiro atoms. The molecule has 0 fully saturated rings. The third-order valence-electron chi connectivity index (χ3n) is 7.55. The van der Waals surface area contributed by atoms with E-state index in [1.807, 2.05) is 0 Å². The minimum Gasteiger partial charge on any atom is -0.257 e. The van der Waals surface area contributed by atoms with Crippen LogP contribution >= 0.6 is 0 Å². The van der Waals surface area contributed by atoms with E-state index in [2.05, 4.69) is 60.6 Å². The molecule has 1 rings (SSSR count). The van der Waals surface area contributed by atoms with E-state index in [-0.39, 0.29) is 10.8 Å². The largest absolute Gasteiger partial charge is 0.257 e. The highest BCUT2D eigenvalue weighted by molar-refractivity contribution is 5.30. The molecule has 31 heavy (non-hydrogen) atoms. The van der Waals surface area contributed by atoms with Crippen LogP contribution in [0.4, 0.5) is 0 Å². The van der Waals surface area contributed by atoms with Crippen molar-refractivity contribution in [2.24, 2.45) is 0 Å². The van der Waals surface area contributed by atoms with Gasteiger partial charge in [-0.25, -0.2) is 0 Å². The number of rotatable bonds is 18. The Bertz CT molecular complexity index is 524. The lowest BCUT2D eigenvalue weighted by Gasteiger charge is -2.38. The van der Waals surface area contributed by atoms with Crippen LogP contribution in [0.3, 0.4) is 0 Å². The zero-order valence-corrected chi connectivity index (χ0v) is 22.4. The van der Waals surface area contributed by atoms with Crippen LogP contribution in [0.15, 0.2) is 12.1 Å². The van der Waals surface area contributed by atoms with Crippen molar-refractivity contribution in [1.29, 1.82) is 0 Å². The summed E-state index contributed by atoms with van der Waals surface area (Å²) in [6, 6.07) is 4.92. The van der Waals surface area contributed by atoms with Crippen molar-refractivity contribution >= 4 is 0 Å². The summed E-state index contributed by atoms with van der Waals surface area (Å²) in [6.45, 7) is 16.4. The summed E-state index contributed by atoms with van der Waals surface area (Å²) in [6.07, 6.45) is 20.7. The highest BCUT2D eigenvalue weighted by Gasteiger charge is 2.36. The quantitative estimate of drug-likeness (QED) is 0.226. The molecule has 1 heteroatoms. The first-order chi connectivity index (χ1) is 15.0. The van der Waals surface area contributed by atoms with E-state index in [0.29, 0.717) is 0 Å². The van der Waals surface area contributed by atoms with Crippen LogP contribution in [0.5, 0.6) is 0 Å². The molecule has 0 aromatic carbocycles. The van der Waals surface area contributed by atoms with Gasteiger partial charge >= 0.3 is 0 Å². The lowest BCUT2D eigenvalue weighted by molar-refractivity contribution is 0.288. The van der Waals surface area contributed by atoms with Crippen LogP contribution in [-0.2, 0) is 10.8 Å².